The standard InChI is InChI=1S/C5H4ClN.C4H7NO/c6-5-1-3-7-4-2-5;5-4(6)3-1-2-3/h1-4H;3H,1-2H2,(H2,5,6). The topological polar surface area (TPSA) is 56.0 Å². The number of hydrogen-bond donors (Lipinski definition) is 1. The van der Waals surface area contributed by atoms with Crippen LogP contribution in [0, 0.1) is 5.92 Å². The van der Waals surface area contributed by atoms with E-state index in [2.05, 4.69) is 4.98 Å². The summed E-state index contributed by atoms with van der Waals surface area (Å²) in [7, 11) is 0. The first-order chi connectivity index (χ1) is 6.20. The Hall–Kier alpha value is -1.09. The van der Waals surface area contributed by atoms with Crippen LogP contribution in [-0.4, -0.2) is 10.9 Å². The number of nitrogens with zero attached hydrogens (tertiary/aromatic N) is 1. The minimum Gasteiger partial charge on any atom is -0.369 e. The van der Waals surface area contributed by atoms with Crippen LogP contribution in [0.1, 0.15) is 12.8 Å². The van der Waals surface area contributed by atoms with Crippen LogP contribution in [0.4, 0.5) is 0 Å². The van der Waals surface area contributed by atoms with Gasteiger partial charge < -0.3 is 5.73 Å². The lowest BCUT2D eigenvalue weighted by Gasteiger charge is -1.79. The van der Waals surface area contributed by atoms with E-state index in [9.17, 15) is 4.79 Å². The summed E-state index contributed by atoms with van der Waals surface area (Å²) in [6.45, 7) is 0. The molecule has 1 heterocycles. The summed E-state index contributed by atoms with van der Waals surface area (Å²) in [6.07, 6.45) is 5.36. The molecule has 0 aromatic carbocycles. The average Bonchev–Trinajstić information content (AvgIpc) is 2.88. The third-order valence-corrected chi connectivity index (χ3v) is 1.87. The predicted octanol–water partition coefficient (Wildman–Crippen LogP) is 1.62. The van der Waals surface area contributed by atoms with Crippen molar-refractivity contribution in [2.75, 3.05) is 0 Å². The van der Waals surface area contributed by atoms with E-state index in [-0.39, 0.29) is 11.8 Å². The van der Waals surface area contributed by atoms with Gasteiger partial charge in [0.05, 0.1) is 0 Å². The largest absolute Gasteiger partial charge is 0.369 e. The van der Waals surface area contributed by atoms with Crippen molar-refractivity contribution < 1.29 is 4.79 Å². The molecule has 0 radical (unpaired) electrons. The molecule has 0 atom stereocenters. The normalized spacial score (nSPS) is 14.2. The lowest BCUT2D eigenvalue weighted by Crippen LogP contribution is -2.11. The van der Waals surface area contributed by atoms with Crippen molar-refractivity contribution in [2.24, 2.45) is 11.7 Å². The van der Waals surface area contributed by atoms with Crippen LogP contribution in [-0.2, 0) is 4.79 Å². The third-order valence-electron chi connectivity index (χ3n) is 1.62. The van der Waals surface area contributed by atoms with Crippen LogP contribution in [0.15, 0.2) is 24.5 Å². The fourth-order valence-corrected chi connectivity index (χ4v) is 0.814. The molecule has 0 unspecified atom stereocenters. The Labute approximate surface area is 81.9 Å². The van der Waals surface area contributed by atoms with Crippen molar-refractivity contribution in [2.45, 2.75) is 12.8 Å². The maximum Gasteiger partial charge on any atom is 0.220 e. The maximum atomic E-state index is 9.98. The van der Waals surface area contributed by atoms with Crippen molar-refractivity contribution in [3.05, 3.63) is 29.5 Å². The number of aromatic nitrogens is 1. The van der Waals surface area contributed by atoms with Gasteiger partial charge in [-0.1, -0.05) is 11.6 Å². The molecular formula is C9H11ClN2O. The van der Waals surface area contributed by atoms with Crippen molar-refractivity contribution in [1.82, 2.24) is 4.98 Å². The number of nitrogens with two attached hydrogens (primary N) is 1. The van der Waals surface area contributed by atoms with Gasteiger partial charge in [0.2, 0.25) is 5.91 Å². The molecule has 0 bridgehead atoms. The highest BCUT2D eigenvalue weighted by molar-refractivity contribution is 6.30. The van der Waals surface area contributed by atoms with Crippen molar-refractivity contribution >= 4 is 17.5 Å². The second-order valence-electron chi connectivity index (χ2n) is 2.84. The van der Waals surface area contributed by atoms with Gasteiger partial charge in [0, 0.05) is 23.3 Å². The first-order valence-corrected chi connectivity index (χ1v) is 4.43. The number of primary amides is 1. The number of amides is 1. The van der Waals surface area contributed by atoms with Crippen molar-refractivity contribution in [1.29, 1.82) is 0 Å². The summed E-state index contributed by atoms with van der Waals surface area (Å²) in [6, 6.07) is 3.48. The summed E-state index contributed by atoms with van der Waals surface area (Å²) in [5.74, 6) is 0.111. The fraction of sp³-hybridized carbons (Fsp3) is 0.333. The van der Waals surface area contributed by atoms with Gasteiger partial charge in [0.1, 0.15) is 0 Å². The molecule has 3 nitrogen and oxygen atoms in total. The van der Waals surface area contributed by atoms with Gasteiger partial charge in [0.25, 0.3) is 0 Å². The molecule has 1 aromatic heterocycles. The lowest BCUT2D eigenvalue weighted by atomic mass is 10.4. The second kappa shape index (κ2) is 4.82. The van der Waals surface area contributed by atoms with Crippen molar-refractivity contribution in [3.63, 3.8) is 0 Å². The number of hydrogen-bond acceptors (Lipinski definition) is 2. The molecule has 1 aliphatic rings. The van der Waals surface area contributed by atoms with E-state index in [0.717, 1.165) is 17.9 Å². The molecule has 70 valence electrons. The summed E-state index contributed by atoms with van der Waals surface area (Å²) < 4.78 is 0. The summed E-state index contributed by atoms with van der Waals surface area (Å²) in [4.78, 5) is 13.7. The van der Waals surface area contributed by atoms with Crippen LogP contribution in [0.2, 0.25) is 5.02 Å². The number of carbonyl (C=O) groups is 1. The molecule has 13 heavy (non-hydrogen) atoms. The predicted molar refractivity (Wildman–Crippen MR) is 51.2 cm³/mol. The Morgan fingerprint density at radius 2 is 2.00 bits per heavy atom. The zero-order valence-electron chi connectivity index (χ0n) is 7.11. The van der Waals surface area contributed by atoms with Gasteiger partial charge >= 0.3 is 0 Å². The first-order valence-electron chi connectivity index (χ1n) is 4.05. The van der Waals surface area contributed by atoms with E-state index in [1.807, 2.05) is 0 Å². The zero-order valence-corrected chi connectivity index (χ0v) is 7.87. The van der Waals surface area contributed by atoms with Gasteiger partial charge in [0.15, 0.2) is 0 Å². The third kappa shape index (κ3) is 4.48. The summed E-state index contributed by atoms with van der Waals surface area (Å²) >= 11 is 5.50. The van der Waals surface area contributed by atoms with E-state index in [1.165, 1.54) is 0 Å². The summed E-state index contributed by atoms with van der Waals surface area (Å²) in [5.41, 5.74) is 4.86. The minimum absolute atomic E-state index is 0.130. The van der Waals surface area contributed by atoms with Gasteiger partial charge in [-0.2, -0.15) is 0 Å². The highest BCUT2D eigenvalue weighted by Crippen LogP contribution is 2.27. The maximum absolute atomic E-state index is 9.98. The van der Waals surface area contributed by atoms with Gasteiger partial charge in [-0.05, 0) is 25.0 Å². The van der Waals surface area contributed by atoms with Gasteiger partial charge in [-0.15, -0.1) is 0 Å². The number of pyridine rings is 1. The van der Waals surface area contributed by atoms with Crippen LogP contribution in [0.5, 0.6) is 0 Å². The Morgan fingerprint density at radius 1 is 1.46 bits per heavy atom. The molecular weight excluding hydrogens is 188 g/mol. The van der Waals surface area contributed by atoms with E-state index >= 15 is 0 Å². The molecule has 4 heteroatoms. The number of carbonyl (C=O) groups excluding carboxylic acids is 1. The fourth-order valence-electron chi connectivity index (χ4n) is 0.702. The zero-order chi connectivity index (χ0) is 9.68. The van der Waals surface area contributed by atoms with Gasteiger partial charge in [-0.25, -0.2) is 0 Å². The number of halogens is 1. The number of rotatable bonds is 1. The Kier molecular flexibility index (Phi) is 3.71. The molecule has 0 spiro atoms. The molecule has 1 fully saturated rings. The van der Waals surface area contributed by atoms with Crippen LogP contribution in [0.25, 0.3) is 0 Å². The van der Waals surface area contributed by atoms with Crippen LogP contribution < -0.4 is 5.73 Å². The molecule has 2 rings (SSSR count). The van der Waals surface area contributed by atoms with Crippen LogP contribution >= 0.6 is 11.6 Å². The lowest BCUT2D eigenvalue weighted by molar-refractivity contribution is -0.119. The van der Waals surface area contributed by atoms with Gasteiger partial charge in [-0.3, -0.25) is 9.78 Å². The molecule has 1 aromatic rings. The van der Waals surface area contributed by atoms with E-state index in [0.29, 0.717) is 0 Å². The highest BCUT2D eigenvalue weighted by Gasteiger charge is 2.26. The quantitative estimate of drug-likeness (QED) is 0.746. The average molecular weight is 199 g/mol. The smallest absolute Gasteiger partial charge is 0.220 e. The Balaban J connectivity index is 0.000000132. The Morgan fingerprint density at radius 3 is 2.15 bits per heavy atom. The Bertz CT molecular complexity index is 272. The summed E-state index contributed by atoms with van der Waals surface area (Å²) in [5, 5.41) is 0.731. The molecule has 1 amide bonds. The monoisotopic (exact) mass is 198 g/mol. The SMILES string of the molecule is Clc1ccncc1.NC(=O)C1CC1. The van der Waals surface area contributed by atoms with E-state index in [1.54, 1.807) is 24.5 Å². The van der Waals surface area contributed by atoms with E-state index < -0.39 is 0 Å². The molecule has 2 N–H and O–H groups in total. The van der Waals surface area contributed by atoms with Crippen molar-refractivity contribution in [3.8, 4) is 0 Å². The second-order valence-corrected chi connectivity index (χ2v) is 3.28. The molecule has 0 saturated heterocycles. The first kappa shape index (κ1) is 9.99. The minimum atomic E-state index is -0.130. The van der Waals surface area contributed by atoms with E-state index in [4.69, 9.17) is 17.3 Å². The van der Waals surface area contributed by atoms with Crippen LogP contribution in [0.3, 0.4) is 0 Å². The highest BCUT2D eigenvalue weighted by atomic mass is 35.5. The molecule has 1 aliphatic carbocycles. The molecule has 0 aliphatic heterocycles. The molecule has 1 saturated carbocycles.